The highest BCUT2D eigenvalue weighted by Gasteiger charge is 2.08. The van der Waals surface area contributed by atoms with E-state index in [0.717, 1.165) is 5.56 Å². The van der Waals surface area contributed by atoms with Crippen molar-refractivity contribution >= 4 is 5.78 Å². The molecule has 5 nitrogen and oxygen atoms in total. The van der Waals surface area contributed by atoms with Crippen molar-refractivity contribution in [1.82, 2.24) is 9.55 Å². The van der Waals surface area contributed by atoms with Crippen LogP contribution in [0.1, 0.15) is 15.9 Å². The maximum atomic E-state index is 12.0. The molecule has 98 valence electrons. The summed E-state index contributed by atoms with van der Waals surface area (Å²) in [6.45, 7) is 1.81. The van der Waals surface area contributed by atoms with Gasteiger partial charge in [0, 0.05) is 18.0 Å². The third-order valence-corrected chi connectivity index (χ3v) is 2.71. The number of ether oxygens (including phenoxy) is 1. The fourth-order valence-electron chi connectivity index (χ4n) is 1.70. The summed E-state index contributed by atoms with van der Waals surface area (Å²) in [5, 5.41) is 0. The summed E-state index contributed by atoms with van der Waals surface area (Å²) < 4.78 is 6.33. The lowest BCUT2D eigenvalue weighted by molar-refractivity contribution is 0.0970. The SMILES string of the molecule is COc1ccc(C(=O)Cn2cc(C)cnc2=O)cc1. The number of carbonyl (C=O) groups is 1. The topological polar surface area (TPSA) is 61.2 Å². The van der Waals surface area contributed by atoms with Crippen LogP contribution >= 0.6 is 0 Å². The molecule has 0 saturated carbocycles. The molecule has 0 saturated heterocycles. The first-order valence-electron chi connectivity index (χ1n) is 5.80. The Hall–Kier alpha value is -2.43. The largest absolute Gasteiger partial charge is 0.497 e. The predicted molar refractivity (Wildman–Crippen MR) is 70.6 cm³/mol. The number of aromatic nitrogens is 2. The molecule has 1 heterocycles. The van der Waals surface area contributed by atoms with E-state index < -0.39 is 5.69 Å². The van der Waals surface area contributed by atoms with Crippen molar-refractivity contribution < 1.29 is 9.53 Å². The third-order valence-electron chi connectivity index (χ3n) is 2.71. The Morgan fingerprint density at radius 3 is 2.63 bits per heavy atom. The van der Waals surface area contributed by atoms with Crippen LogP contribution in [0.15, 0.2) is 41.5 Å². The molecule has 0 radical (unpaired) electrons. The number of methoxy groups -OCH3 is 1. The van der Waals surface area contributed by atoms with Gasteiger partial charge in [-0.2, -0.15) is 0 Å². The lowest BCUT2D eigenvalue weighted by Crippen LogP contribution is -2.26. The lowest BCUT2D eigenvalue weighted by atomic mass is 10.1. The minimum absolute atomic E-state index is 0.0140. The zero-order valence-electron chi connectivity index (χ0n) is 10.8. The van der Waals surface area contributed by atoms with Crippen LogP contribution in [0.3, 0.4) is 0 Å². The zero-order valence-corrected chi connectivity index (χ0v) is 10.8. The molecule has 0 atom stereocenters. The molecule has 2 aromatic rings. The lowest BCUT2D eigenvalue weighted by Gasteiger charge is -2.06. The molecule has 0 fully saturated rings. The molecule has 0 amide bonds. The standard InChI is InChI=1S/C14H14N2O3/c1-10-7-15-14(18)16(8-10)9-13(17)11-3-5-12(19-2)6-4-11/h3-8H,9H2,1-2H3. The van der Waals surface area contributed by atoms with Crippen LogP contribution in [-0.2, 0) is 6.54 Å². The molecule has 0 spiro atoms. The van der Waals surface area contributed by atoms with Gasteiger partial charge in [0.2, 0.25) is 0 Å². The van der Waals surface area contributed by atoms with Crippen LogP contribution in [0.25, 0.3) is 0 Å². The van der Waals surface area contributed by atoms with Crippen molar-refractivity contribution in [3.05, 3.63) is 58.3 Å². The summed E-state index contributed by atoms with van der Waals surface area (Å²) >= 11 is 0. The Labute approximate surface area is 110 Å². The van der Waals surface area contributed by atoms with Gasteiger partial charge in [-0.3, -0.25) is 9.36 Å². The molecule has 1 aromatic carbocycles. The maximum absolute atomic E-state index is 12.0. The second-order valence-electron chi connectivity index (χ2n) is 4.19. The number of aryl methyl sites for hydroxylation is 1. The fraction of sp³-hybridized carbons (Fsp3) is 0.214. The van der Waals surface area contributed by atoms with Gasteiger partial charge in [0.15, 0.2) is 5.78 Å². The van der Waals surface area contributed by atoms with E-state index >= 15 is 0 Å². The minimum atomic E-state index is -0.424. The predicted octanol–water partition coefficient (Wildman–Crippen LogP) is 1.44. The number of hydrogen-bond acceptors (Lipinski definition) is 4. The smallest absolute Gasteiger partial charge is 0.347 e. The molecular weight excluding hydrogens is 244 g/mol. The van der Waals surface area contributed by atoms with Gasteiger partial charge in [-0.1, -0.05) is 0 Å². The van der Waals surface area contributed by atoms with Crippen molar-refractivity contribution in [3.8, 4) is 5.75 Å². The van der Waals surface area contributed by atoms with Gasteiger partial charge in [0.05, 0.1) is 13.7 Å². The summed E-state index contributed by atoms with van der Waals surface area (Å²) in [6, 6.07) is 6.78. The van der Waals surface area contributed by atoms with Crippen LogP contribution in [0.4, 0.5) is 0 Å². The number of carbonyl (C=O) groups excluding carboxylic acids is 1. The molecule has 19 heavy (non-hydrogen) atoms. The first-order valence-corrected chi connectivity index (χ1v) is 5.80. The Morgan fingerprint density at radius 2 is 2.00 bits per heavy atom. The van der Waals surface area contributed by atoms with Crippen molar-refractivity contribution in [2.24, 2.45) is 0 Å². The third kappa shape index (κ3) is 3.07. The summed E-state index contributed by atoms with van der Waals surface area (Å²) in [4.78, 5) is 27.3. The monoisotopic (exact) mass is 258 g/mol. The highest BCUT2D eigenvalue weighted by atomic mass is 16.5. The highest BCUT2D eigenvalue weighted by molar-refractivity contribution is 5.95. The van der Waals surface area contributed by atoms with Gasteiger partial charge in [0.25, 0.3) is 0 Å². The highest BCUT2D eigenvalue weighted by Crippen LogP contribution is 2.12. The average molecular weight is 258 g/mol. The van der Waals surface area contributed by atoms with E-state index in [4.69, 9.17) is 4.74 Å². The number of rotatable bonds is 4. The Balaban J connectivity index is 2.20. The molecule has 0 aliphatic carbocycles. The van der Waals surface area contributed by atoms with E-state index in [-0.39, 0.29) is 12.3 Å². The quantitative estimate of drug-likeness (QED) is 0.779. The molecule has 0 unspecified atom stereocenters. The van der Waals surface area contributed by atoms with Crippen molar-refractivity contribution in [2.75, 3.05) is 7.11 Å². The van der Waals surface area contributed by atoms with Gasteiger partial charge in [-0.05, 0) is 36.8 Å². The summed E-state index contributed by atoms with van der Waals surface area (Å²) in [5.74, 6) is 0.545. The van der Waals surface area contributed by atoms with Gasteiger partial charge in [0.1, 0.15) is 5.75 Å². The van der Waals surface area contributed by atoms with Gasteiger partial charge in [-0.25, -0.2) is 9.78 Å². The fourth-order valence-corrected chi connectivity index (χ4v) is 1.70. The Bertz CT molecular complexity index is 644. The first kappa shape index (κ1) is 13.0. The average Bonchev–Trinajstić information content (AvgIpc) is 2.43. The number of Topliss-reactive ketones (excluding diaryl/α,β-unsaturated/α-hetero) is 1. The minimum Gasteiger partial charge on any atom is -0.497 e. The van der Waals surface area contributed by atoms with E-state index in [9.17, 15) is 9.59 Å². The maximum Gasteiger partial charge on any atom is 0.347 e. The van der Waals surface area contributed by atoms with Gasteiger partial charge in [-0.15, -0.1) is 0 Å². The molecule has 0 N–H and O–H groups in total. The molecular formula is C14H14N2O3. The molecule has 0 aliphatic rings. The molecule has 5 heteroatoms. The summed E-state index contributed by atoms with van der Waals surface area (Å²) in [5.41, 5.74) is 0.948. The molecule has 2 rings (SSSR count). The van der Waals surface area contributed by atoms with Crippen molar-refractivity contribution in [2.45, 2.75) is 13.5 Å². The van der Waals surface area contributed by atoms with Crippen LogP contribution in [-0.4, -0.2) is 22.4 Å². The van der Waals surface area contributed by atoms with Crippen LogP contribution in [0, 0.1) is 6.92 Å². The molecule has 0 aliphatic heterocycles. The number of nitrogens with zero attached hydrogens (tertiary/aromatic N) is 2. The molecule has 0 bridgehead atoms. The van der Waals surface area contributed by atoms with Crippen LogP contribution in [0.5, 0.6) is 5.75 Å². The van der Waals surface area contributed by atoms with E-state index in [1.54, 1.807) is 37.6 Å². The van der Waals surface area contributed by atoms with E-state index in [1.807, 2.05) is 6.92 Å². The van der Waals surface area contributed by atoms with E-state index in [2.05, 4.69) is 4.98 Å². The number of ketones is 1. The first-order chi connectivity index (χ1) is 9.10. The van der Waals surface area contributed by atoms with Gasteiger partial charge < -0.3 is 4.74 Å². The molecule has 1 aromatic heterocycles. The zero-order chi connectivity index (χ0) is 13.8. The Kier molecular flexibility index (Phi) is 3.75. The number of benzene rings is 1. The second-order valence-corrected chi connectivity index (χ2v) is 4.19. The second kappa shape index (κ2) is 5.48. The van der Waals surface area contributed by atoms with Crippen molar-refractivity contribution in [1.29, 1.82) is 0 Å². The normalized spacial score (nSPS) is 10.2. The Morgan fingerprint density at radius 1 is 1.32 bits per heavy atom. The van der Waals surface area contributed by atoms with Crippen LogP contribution in [0.2, 0.25) is 0 Å². The summed E-state index contributed by atoms with van der Waals surface area (Å²) in [7, 11) is 1.56. The van der Waals surface area contributed by atoms with E-state index in [0.29, 0.717) is 11.3 Å². The van der Waals surface area contributed by atoms with Crippen LogP contribution < -0.4 is 10.4 Å². The summed E-state index contributed by atoms with van der Waals surface area (Å²) in [6.07, 6.45) is 3.10. The van der Waals surface area contributed by atoms with E-state index in [1.165, 1.54) is 10.8 Å². The van der Waals surface area contributed by atoms with Gasteiger partial charge >= 0.3 is 5.69 Å². The van der Waals surface area contributed by atoms with Crippen molar-refractivity contribution in [3.63, 3.8) is 0 Å². The number of hydrogen-bond donors (Lipinski definition) is 0.